The first kappa shape index (κ1) is 19.9. The lowest BCUT2D eigenvalue weighted by atomic mass is 10.1. The van der Waals surface area contributed by atoms with Gasteiger partial charge in [-0.3, -0.25) is 9.71 Å². The van der Waals surface area contributed by atoms with Crippen molar-refractivity contribution >= 4 is 43.9 Å². The zero-order valence-corrected chi connectivity index (χ0v) is 17.9. The van der Waals surface area contributed by atoms with Gasteiger partial charge in [0.15, 0.2) is 0 Å². The molecule has 3 aromatic rings. The van der Waals surface area contributed by atoms with Gasteiger partial charge in [0.1, 0.15) is 0 Å². The average molecular weight is 431 g/mol. The lowest BCUT2D eigenvalue weighted by Gasteiger charge is -2.30. The van der Waals surface area contributed by atoms with Gasteiger partial charge in [-0.05, 0) is 61.4 Å². The number of halogens is 1. The maximum atomic E-state index is 13.1. The van der Waals surface area contributed by atoms with E-state index in [1.807, 2.05) is 18.2 Å². The molecule has 6 nitrogen and oxygen atoms in total. The van der Waals surface area contributed by atoms with Gasteiger partial charge in [0.2, 0.25) is 0 Å². The van der Waals surface area contributed by atoms with Crippen LogP contribution in [0.2, 0.25) is 5.02 Å². The molecule has 29 heavy (non-hydrogen) atoms. The van der Waals surface area contributed by atoms with Gasteiger partial charge >= 0.3 is 0 Å². The zero-order chi connectivity index (χ0) is 20.6. The second-order valence-corrected chi connectivity index (χ2v) is 9.33. The van der Waals surface area contributed by atoms with Gasteiger partial charge in [0.25, 0.3) is 10.0 Å². The molecule has 4 rings (SSSR count). The maximum Gasteiger partial charge on any atom is 0.262 e. The number of aryl methyl sites for hydroxylation is 2. The van der Waals surface area contributed by atoms with Crippen LogP contribution < -0.4 is 14.9 Å². The molecular formula is C21H23ClN4O2S. The van der Waals surface area contributed by atoms with Crippen LogP contribution >= 0.6 is 11.6 Å². The van der Waals surface area contributed by atoms with Crippen molar-refractivity contribution in [3.8, 4) is 0 Å². The molecule has 0 atom stereocenters. The molecule has 0 radical (unpaired) electrons. The van der Waals surface area contributed by atoms with E-state index in [0.717, 1.165) is 42.8 Å². The molecule has 0 aliphatic carbocycles. The predicted molar refractivity (Wildman–Crippen MR) is 119 cm³/mol. The smallest absolute Gasteiger partial charge is 0.262 e. The van der Waals surface area contributed by atoms with Gasteiger partial charge in [0.05, 0.1) is 10.4 Å². The second kappa shape index (κ2) is 7.82. The van der Waals surface area contributed by atoms with Crippen LogP contribution in [-0.2, 0) is 10.0 Å². The lowest BCUT2D eigenvalue weighted by Crippen LogP contribution is -2.43. The number of benzene rings is 2. The van der Waals surface area contributed by atoms with Crippen LogP contribution in [0.1, 0.15) is 11.1 Å². The van der Waals surface area contributed by atoms with Gasteiger partial charge in [-0.15, -0.1) is 0 Å². The van der Waals surface area contributed by atoms with E-state index >= 15 is 0 Å². The highest BCUT2D eigenvalue weighted by Crippen LogP contribution is 2.30. The summed E-state index contributed by atoms with van der Waals surface area (Å²) in [4.78, 5) is 6.99. The van der Waals surface area contributed by atoms with Crippen molar-refractivity contribution in [1.29, 1.82) is 0 Å². The van der Waals surface area contributed by atoms with E-state index in [4.69, 9.17) is 11.6 Å². The average Bonchev–Trinajstić information content (AvgIpc) is 2.66. The third kappa shape index (κ3) is 4.03. The molecule has 1 saturated heterocycles. The Morgan fingerprint density at radius 1 is 1.07 bits per heavy atom. The summed E-state index contributed by atoms with van der Waals surface area (Å²) in [7, 11) is -3.75. The summed E-state index contributed by atoms with van der Waals surface area (Å²) in [5, 5.41) is 4.80. The van der Waals surface area contributed by atoms with Crippen LogP contribution in [0.5, 0.6) is 0 Å². The van der Waals surface area contributed by atoms with Crippen LogP contribution in [0.15, 0.2) is 47.5 Å². The quantitative estimate of drug-likeness (QED) is 0.659. The Morgan fingerprint density at radius 3 is 2.45 bits per heavy atom. The minimum absolute atomic E-state index is 0.260. The number of nitrogens with one attached hydrogen (secondary N) is 2. The summed E-state index contributed by atoms with van der Waals surface area (Å²) in [6, 6.07) is 10.8. The number of hydrogen-bond acceptors (Lipinski definition) is 5. The monoisotopic (exact) mass is 430 g/mol. The summed E-state index contributed by atoms with van der Waals surface area (Å²) < 4.78 is 28.9. The Hall–Kier alpha value is -2.35. The van der Waals surface area contributed by atoms with E-state index in [-0.39, 0.29) is 4.90 Å². The molecule has 1 aliphatic rings. The molecule has 152 valence electrons. The van der Waals surface area contributed by atoms with Gasteiger partial charge in [0, 0.05) is 54.2 Å². The van der Waals surface area contributed by atoms with Crippen molar-refractivity contribution in [3.05, 3.63) is 58.7 Å². The lowest BCUT2D eigenvalue weighted by molar-refractivity contribution is 0.590. The van der Waals surface area contributed by atoms with Gasteiger partial charge in [-0.2, -0.15) is 0 Å². The first-order valence-electron chi connectivity index (χ1n) is 9.49. The van der Waals surface area contributed by atoms with Crippen molar-refractivity contribution in [2.75, 3.05) is 35.8 Å². The molecule has 8 heteroatoms. The number of pyridine rings is 1. The van der Waals surface area contributed by atoms with Crippen LogP contribution in [0, 0.1) is 13.8 Å². The molecule has 2 heterocycles. The van der Waals surface area contributed by atoms with Crippen molar-refractivity contribution < 1.29 is 8.42 Å². The first-order valence-corrected chi connectivity index (χ1v) is 11.4. The number of anilines is 2. The number of sulfonamides is 1. The van der Waals surface area contributed by atoms with E-state index in [2.05, 4.69) is 19.9 Å². The summed E-state index contributed by atoms with van der Waals surface area (Å²) in [6.45, 7) is 7.15. The fourth-order valence-electron chi connectivity index (χ4n) is 3.90. The van der Waals surface area contributed by atoms with Crippen LogP contribution in [0.4, 0.5) is 11.4 Å². The molecule has 0 bridgehead atoms. The van der Waals surface area contributed by atoms with Crippen molar-refractivity contribution in [1.82, 2.24) is 10.3 Å². The number of nitrogens with zero attached hydrogens (tertiary/aromatic N) is 2. The molecule has 0 unspecified atom stereocenters. The minimum Gasteiger partial charge on any atom is -0.368 e. The largest absolute Gasteiger partial charge is 0.368 e. The number of aromatic nitrogens is 1. The van der Waals surface area contributed by atoms with E-state index in [1.54, 1.807) is 38.2 Å². The van der Waals surface area contributed by atoms with E-state index in [0.29, 0.717) is 21.8 Å². The number of hydrogen-bond donors (Lipinski definition) is 2. The summed E-state index contributed by atoms with van der Waals surface area (Å²) in [6.07, 6.45) is 1.80. The summed E-state index contributed by atoms with van der Waals surface area (Å²) in [5.74, 6) is 0. The van der Waals surface area contributed by atoms with E-state index in [1.165, 1.54) is 0 Å². The zero-order valence-electron chi connectivity index (χ0n) is 16.4. The molecule has 1 aliphatic heterocycles. The highest BCUT2D eigenvalue weighted by molar-refractivity contribution is 7.92. The van der Waals surface area contributed by atoms with Crippen molar-refractivity contribution in [3.63, 3.8) is 0 Å². The molecule has 0 saturated carbocycles. The molecule has 1 fully saturated rings. The normalized spacial score (nSPS) is 14.9. The van der Waals surface area contributed by atoms with E-state index < -0.39 is 10.0 Å². The Kier molecular flexibility index (Phi) is 5.38. The van der Waals surface area contributed by atoms with Gasteiger partial charge < -0.3 is 10.2 Å². The summed E-state index contributed by atoms with van der Waals surface area (Å²) in [5.41, 5.74) is 3.65. The highest BCUT2D eigenvalue weighted by Gasteiger charge is 2.21. The fraction of sp³-hybridized carbons (Fsp3) is 0.286. The SMILES string of the molecule is Cc1cc(Cl)cc(C)c1S(=O)(=O)Nc1ccc2nccc(N3CCNCC3)c2c1. The third-order valence-corrected chi connectivity index (χ3v) is 7.03. The molecular weight excluding hydrogens is 408 g/mol. The Bertz CT molecular complexity index is 1150. The Balaban J connectivity index is 1.73. The minimum atomic E-state index is -3.75. The highest BCUT2D eigenvalue weighted by atomic mass is 35.5. The van der Waals surface area contributed by atoms with Gasteiger partial charge in [-0.1, -0.05) is 11.6 Å². The molecule has 2 aromatic carbocycles. The standard InChI is InChI=1S/C21H23ClN4O2S/c1-14-11-16(22)12-15(2)21(14)29(27,28)25-17-3-4-19-18(13-17)20(5-6-24-19)26-9-7-23-8-10-26/h3-6,11-13,23,25H,7-10H2,1-2H3. The van der Waals surface area contributed by atoms with E-state index in [9.17, 15) is 8.42 Å². The van der Waals surface area contributed by atoms with Crippen LogP contribution in [-0.4, -0.2) is 39.6 Å². The number of piperazine rings is 1. The third-order valence-electron chi connectivity index (χ3n) is 5.12. The fourth-order valence-corrected chi connectivity index (χ4v) is 5.74. The molecule has 2 N–H and O–H groups in total. The number of fused-ring (bicyclic) bond motifs is 1. The predicted octanol–water partition coefficient (Wildman–Crippen LogP) is 3.72. The molecule has 0 spiro atoms. The van der Waals surface area contributed by atoms with Crippen LogP contribution in [0.3, 0.4) is 0 Å². The summed E-state index contributed by atoms with van der Waals surface area (Å²) >= 11 is 6.06. The first-order chi connectivity index (χ1) is 13.8. The Morgan fingerprint density at radius 2 is 1.76 bits per heavy atom. The van der Waals surface area contributed by atoms with Crippen LogP contribution in [0.25, 0.3) is 10.9 Å². The second-order valence-electron chi connectivity index (χ2n) is 7.27. The topological polar surface area (TPSA) is 74.3 Å². The van der Waals surface area contributed by atoms with Crippen molar-refractivity contribution in [2.24, 2.45) is 0 Å². The molecule has 1 aromatic heterocycles. The molecule has 0 amide bonds. The number of rotatable bonds is 4. The van der Waals surface area contributed by atoms with Gasteiger partial charge in [-0.25, -0.2) is 8.42 Å². The Labute approximate surface area is 175 Å². The van der Waals surface area contributed by atoms with Crippen molar-refractivity contribution in [2.45, 2.75) is 18.7 Å². The maximum absolute atomic E-state index is 13.1.